The molecule has 0 aromatic heterocycles. The lowest BCUT2D eigenvalue weighted by Crippen LogP contribution is -2.44. The Kier molecular flexibility index (Phi) is 5.87. The van der Waals surface area contributed by atoms with Crippen molar-refractivity contribution in [1.29, 1.82) is 0 Å². The third-order valence-corrected chi connectivity index (χ3v) is 5.58. The van der Waals surface area contributed by atoms with Crippen LogP contribution in [0.15, 0.2) is 91.0 Å². The Hall–Kier alpha value is -3.17. The molecule has 1 amide bonds. The van der Waals surface area contributed by atoms with Gasteiger partial charge in [0, 0.05) is 24.3 Å². The highest BCUT2D eigenvalue weighted by Crippen LogP contribution is 2.28. The summed E-state index contributed by atoms with van der Waals surface area (Å²) in [5.41, 5.74) is 5.64. The van der Waals surface area contributed by atoms with Crippen LogP contribution in [-0.2, 0) is 4.79 Å². The highest BCUT2D eigenvalue weighted by Gasteiger charge is 2.24. The van der Waals surface area contributed by atoms with Gasteiger partial charge in [0.25, 0.3) is 0 Å². The van der Waals surface area contributed by atoms with Crippen LogP contribution in [0.25, 0.3) is 16.7 Å². The average Bonchev–Trinajstić information content (AvgIpc) is 2.80. The maximum absolute atomic E-state index is 13.0. The third kappa shape index (κ3) is 4.47. The number of hydrogen-bond donors (Lipinski definition) is 1. The molecule has 0 spiro atoms. The number of hydrogen-bond acceptors (Lipinski definition) is 2. The van der Waals surface area contributed by atoms with Gasteiger partial charge in [0.05, 0.1) is 6.04 Å². The number of nitrogens with one attached hydrogen (secondary N) is 1. The molecule has 0 bridgehead atoms. The molecule has 3 heteroatoms. The fourth-order valence-electron chi connectivity index (χ4n) is 3.82. The molecule has 0 fully saturated rings. The van der Waals surface area contributed by atoms with E-state index in [1.807, 2.05) is 55.5 Å². The molecule has 1 atom stereocenters. The maximum atomic E-state index is 13.0. The van der Waals surface area contributed by atoms with Gasteiger partial charge in [-0.05, 0) is 36.1 Å². The van der Waals surface area contributed by atoms with E-state index in [2.05, 4.69) is 52.7 Å². The molecule has 0 saturated heterocycles. The third-order valence-electron chi connectivity index (χ3n) is 5.58. The maximum Gasteiger partial charge on any atom is 0.241 e. The highest BCUT2D eigenvalue weighted by molar-refractivity contribution is 5.98. The van der Waals surface area contributed by atoms with Crippen molar-refractivity contribution in [1.82, 2.24) is 4.90 Å². The van der Waals surface area contributed by atoms with Crippen molar-refractivity contribution in [2.75, 3.05) is 18.4 Å². The summed E-state index contributed by atoms with van der Waals surface area (Å²) in [4.78, 5) is 15.2. The molecule has 146 valence electrons. The van der Waals surface area contributed by atoms with Gasteiger partial charge in [-0.1, -0.05) is 84.9 Å². The average molecular weight is 383 g/mol. The van der Waals surface area contributed by atoms with Crippen molar-refractivity contribution in [3.63, 3.8) is 0 Å². The van der Waals surface area contributed by atoms with Crippen LogP contribution < -0.4 is 5.32 Å². The predicted molar refractivity (Wildman–Crippen MR) is 121 cm³/mol. The van der Waals surface area contributed by atoms with E-state index in [1.165, 1.54) is 11.1 Å². The van der Waals surface area contributed by atoms with Gasteiger partial charge in [0.2, 0.25) is 5.91 Å². The van der Waals surface area contributed by atoms with Gasteiger partial charge in [0.15, 0.2) is 0 Å². The van der Waals surface area contributed by atoms with Crippen LogP contribution in [0.3, 0.4) is 0 Å². The Bertz CT molecular complexity index is 995. The molecular formula is C26H26N2O. The van der Waals surface area contributed by atoms with Crippen LogP contribution in [0.1, 0.15) is 18.9 Å². The number of carbonyl (C=O) groups excluding carboxylic acids is 1. The number of para-hydroxylation sites is 1. The molecule has 0 saturated carbocycles. The van der Waals surface area contributed by atoms with Crippen molar-refractivity contribution in [3.05, 3.63) is 96.6 Å². The summed E-state index contributed by atoms with van der Waals surface area (Å²) in [5, 5.41) is 3.15. The van der Waals surface area contributed by atoms with Gasteiger partial charge in [-0.3, -0.25) is 9.69 Å². The molecule has 0 aliphatic carbocycles. The summed E-state index contributed by atoms with van der Waals surface area (Å²) in [7, 11) is 0. The molecule has 4 rings (SSSR count). The minimum atomic E-state index is -0.188. The van der Waals surface area contributed by atoms with Crippen LogP contribution in [0.2, 0.25) is 0 Å². The first-order valence-electron chi connectivity index (χ1n) is 10.2. The highest BCUT2D eigenvalue weighted by atomic mass is 16.2. The van der Waals surface area contributed by atoms with Gasteiger partial charge in [-0.15, -0.1) is 0 Å². The van der Waals surface area contributed by atoms with Crippen LogP contribution in [0, 0.1) is 0 Å². The van der Waals surface area contributed by atoms with Crippen LogP contribution >= 0.6 is 0 Å². The second-order valence-corrected chi connectivity index (χ2v) is 7.42. The van der Waals surface area contributed by atoms with Crippen molar-refractivity contribution in [2.45, 2.75) is 19.4 Å². The zero-order chi connectivity index (χ0) is 20.1. The summed E-state index contributed by atoms with van der Waals surface area (Å²) in [5.74, 6) is 0.0324. The number of amides is 1. The largest absolute Gasteiger partial charge is 0.324 e. The molecule has 0 radical (unpaired) electrons. The molecule has 3 nitrogen and oxygen atoms in total. The monoisotopic (exact) mass is 382 g/mol. The summed E-state index contributed by atoms with van der Waals surface area (Å²) < 4.78 is 0. The normalized spacial score (nSPS) is 15.4. The second kappa shape index (κ2) is 8.89. The minimum Gasteiger partial charge on any atom is -0.324 e. The van der Waals surface area contributed by atoms with Crippen LogP contribution in [-0.4, -0.2) is 29.9 Å². The molecule has 1 aliphatic heterocycles. The first kappa shape index (κ1) is 19.2. The lowest BCUT2D eigenvalue weighted by Gasteiger charge is -2.31. The smallest absolute Gasteiger partial charge is 0.241 e. The van der Waals surface area contributed by atoms with Crippen molar-refractivity contribution >= 4 is 17.2 Å². The number of anilines is 1. The zero-order valence-corrected chi connectivity index (χ0v) is 16.7. The SMILES string of the molecule is C[C@H](C(=O)Nc1ccccc1-c1ccccc1)N1CC=C(c2ccccc2)CC1. The predicted octanol–water partition coefficient (Wildman–Crippen LogP) is 5.47. The van der Waals surface area contributed by atoms with E-state index < -0.39 is 0 Å². The Morgan fingerprint density at radius 2 is 1.48 bits per heavy atom. The molecule has 29 heavy (non-hydrogen) atoms. The Balaban J connectivity index is 1.44. The van der Waals surface area contributed by atoms with E-state index in [-0.39, 0.29) is 11.9 Å². The topological polar surface area (TPSA) is 32.3 Å². The van der Waals surface area contributed by atoms with Crippen molar-refractivity contribution in [2.24, 2.45) is 0 Å². The lowest BCUT2D eigenvalue weighted by molar-refractivity contribution is -0.120. The molecule has 1 N–H and O–H groups in total. The first-order chi connectivity index (χ1) is 14.2. The van der Waals surface area contributed by atoms with Gasteiger partial charge in [-0.2, -0.15) is 0 Å². The van der Waals surface area contributed by atoms with Crippen molar-refractivity contribution in [3.8, 4) is 11.1 Å². The molecule has 1 aliphatic rings. The van der Waals surface area contributed by atoms with E-state index >= 15 is 0 Å². The van der Waals surface area contributed by atoms with Gasteiger partial charge < -0.3 is 5.32 Å². The van der Waals surface area contributed by atoms with Crippen LogP contribution in [0.5, 0.6) is 0 Å². The standard InChI is InChI=1S/C26H26N2O/c1-20(28-18-16-22(17-19-28)21-10-4-2-5-11-21)26(29)27-25-15-9-8-14-24(25)23-12-6-3-7-13-23/h2-16,20H,17-19H2,1H3,(H,27,29)/t20-/m1/s1. The Labute approximate surface area is 172 Å². The number of benzene rings is 3. The Morgan fingerprint density at radius 3 is 2.14 bits per heavy atom. The van der Waals surface area contributed by atoms with Gasteiger partial charge >= 0.3 is 0 Å². The first-order valence-corrected chi connectivity index (χ1v) is 10.2. The number of nitrogens with zero attached hydrogens (tertiary/aromatic N) is 1. The van der Waals surface area contributed by atoms with E-state index in [0.29, 0.717) is 0 Å². The van der Waals surface area contributed by atoms with Gasteiger partial charge in [-0.25, -0.2) is 0 Å². The second-order valence-electron chi connectivity index (χ2n) is 7.42. The molecule has 1 heterocycles. The minimum absolute atomic E-state index is 0.0324. The van der Waals surface area contributed by atoms with E-state index in [1.54, 1.807) is 0 Å². The summed E-state index contributed by atoms with van der Waals surface area (Å²) in [6, 6.07) is 28.4. The van der Waals surface area contributed by atoms with Gasteiger partial charge in [0.1, 0.15) is 0 Å². The summed E-state index contributed by atoms with van der Waals surface area (Å²) in [6.07, 6.45) is 3.21. The number of carbonyl (C=O) groups is 1. The quantitative estimate of drug-likeness (QED) is 0.635. The lowest BCUT2D eigenvalue weighted by atomic mass is 9.98. The molecule has 3 aromatic carbocycles. The summed E-state index contributed by atoms with van der Waals surface area (Å²) in [6.45, 7) is 3.66. The fourth-order valence-corrected chi connectivity index (χ4v) is 3.82. The molecular weight excluding hydrogens is 356 g/mol. The van der Waals surface area contributed by atoms with E-state index in [0.717, 1.165) is 36.3 Å². The molecule has 3 aromatic rings. The van der Waals surface area contributed by atoms with Crippen molar-refractivity contribution < 1.29 is 4.79 Å². The van der Waals surface area contributed by atoms with E-state index in [9.17, 15) is 4.79 Å². The molecule has 0 unspecified atom stereocenters. The Morgan fingerprint density at radius 1 is 0.862 bits per heavy atom. The van der Waals surface area contributed by atoms with Crippen LogP contribution in [0.4, 0.5) is 5.69 Å². The fraction of sp³-hybridized carbons (Fsp3) is 0.192. The van der Waals surface area contributed by atoms with E-state index in [4.69, 9.17) is 0 Å². The number of rotatable bonds is 5. The summed E-state index contributed by atoms with van der Waals surface area (Å²) >= 11 is 0. The zero-order valence-electron chi connectivity index (χ0n) is 16.7.